The van der Waals surface area contributed by atoms with Crippen molar-refractivity contribution >= 4 is 11.4 Å². The van der Waals surface area contributed by atoms with E-state index in [1.54, 1.807) is 0 Å². The van der Waals surface area contributed by atoms with E-state index in [2.05, 4.69) is 37.6 Å². The molecule has 3 heteroatoms. The molecule has 1 fully saturated rings. The number of piperidine rings is 1. The fraction of sp³-hybridized carbons (Fsp3) is 0.846. The van der Waals surface area contributed by atoms with E-state index in [0.29, 0.717) is 6.04 Å². The highest BCUT2D eigenvalue weighted by Gasteiger charge is 2.30. The number of aliphatic imine (C=N–C) groups is 2. The van der Waals surface area contributed by atoms with E-state index < -0.39 is 0 Å². The number of hydrogen-bond donors (Lipinski definition) is 0. The summed E-state index contributed by atoms with van der Waals surface area (Å²) in [6.07, 6.45) is 2.18. The van der Waals surface area contributed by atoms with Crippen LogP contribution in [0.5, 0.6) is 0 Å². The van der Waals surface area contributed by atoms with Crippen molar-refractivity contribution < 1.29 is 0 Å². The maximum absolute atomic E-state index is 4.83. The highest BCUT2D eigenvalue weighted by Crippen LogP contribution is 2.20. The fourth-order valence-corrected chi connectivity index (χ4v) is 2.29. The molecule has 90 valence electrons. The second kappa shape index (κ2) is 4.28. The lowest BCUT2D eigenvalue weighted by Gasteiger charge is -2.40. The van der Waals surface area contributed by atoms with Crippen LogP contribution in [0.2, 0.25) is 0 Å². The molecular formula is C13H23N3. The molecule has 1 unspecified atom stereocenters. The Kier molecular flexibility index (Phi) is 3.15. The van der Waals surface area contributed by atoms with E-state index in [-0.39, 0.29) is 5.54 Å². The SMILES string of the molecule is CCC1CN=C2CCN(C(C)(C)C)CC2=N1. The summed E-state index contributed by atoms with van der Waals surface area (Å²) in [5, 5.41) is 0. The molecule has 2 aliphatic heterocycles. The molecule has 0 amide bonds. The van der Waals surface area contributed by atoms with Gasteiger partial charge in [-0.2, -0.15) is 0 Å². The lowest BCUT2D eigenvalue weighted by atomic mass is 9.97. The molecule has 0 N–H and O–H groups in total. The van der Waals surface area contributed by atoms with Crippen LogP contribution in [0.25, 0.3) is 0 Å². The zero-order valence-electron chi connectivity index (χ0n) is 11.0. The van der Waals surface area contributed by atoms with Crippen LogP contribution in [0, 0.1) is 0 Å². The van der Waals surface area contributed by atoms with Crippen LogP contribution >= 0.6 is 0 Å². The maximum atomic E-state index is 4.83. The van der Waals surface area contributed by atoms with E-state index in [1.165, 1.54) is 11.4 Å². The second-order valence-electron chi connectivity index (χ2n) is 5.77. The van der Waals surface area contributed by atoms with Gasteiger partial charge in [-0.1, -0.05) is 6.92 Å². The van der Waals surface area contributed by atoms with E-state index in [0.717, 1.165) is 32.5 Å². The third kappa shape index (κ3) is 2.34. The van der Waals surface area contributed by atoms with Crippen LogP contribution in [-0.2, 0) is 0 Å². The van der Waals surface area contributed by atoms with Crippen molar-refractivity contribution in [2.45, 2.75) is 52.1 Å². The molecule has 1 atom stereocenters. The lowest BCUT2D eigenvalue weighted by Crippen LogP contribution is -2.51. The number of hydrogen-bond acceptors (Lipinski definition) is 3. The molecule has 2 rings (SSSR count). The van der Waals surface area contributed by atoms with Gasteiger partial charge in [0.2, 0.25) is 0 Å². The normalized spacial score (nSPS) is 27.1. The molecule has 2 heterocycles. The Morgan fingerprint density at radius 3 is 2.69 bits per heavy atom. The molecule has 3 nitrogen and oxygen atoms in total. The highest BCUT2D eigenvalue weighted by molar-refractivity contribution is 6.44. The predicted molar refractivity (Wildman–Crippen MR) is 69.8 cm³/mol. The van der Waals surface area contributed by atoms with Crippen LogP contribution in [0.3, 0.4) is 0 Å². The standard InChI is InChI=1S/C13H23N3/c1-5-10-8-14-11-6-7-16(13(2,3)4)9-12(11)15-10/h10H,5-9H2,1-4H3. The molecule has 0 aliphatic carbocycles. The molecule has 16 heavy (non-hydrogen) atoms. The Morgan fingerprint density at radius 1 is 1.31 bits per heavy atom. The highest BCUT2D eigenvalue weighted by atomic mass is 15.2. The number of nitrogens with zero attached hydrogens (tertiary/aromatic N) is 3. The summed E-state index contributed by atoms with van der Waals surface area (Å²) in [6.45, 7) is 12.0. The first kappa shape index (κ1) is 11.8. The number of fused-ring (bicyclic) bond motifs is 1. The number of likely N-dealkylation sites (tertiary alicyclic amines) is 1. The van der Waals surface area contributed by atoms with Crippen LogP contribution in [0.1, 0.15) is 40.5 Å². The average Bonchev–Trinajstić information content (AvgIpc) is 2.26. The molecule has 0 saturated carbocycles. The van der Waals surface area contributed by atoms with Gasteiger partial charge in [-0.3, -0.25) is 14.9 Å². The van der Waals surface area contributed by atoms with Crippen LogP contribution in [-0.4, -0.2) is 47.5 Å². The van der Waals surface area contributed by atoms with Gasteiger partial charge in [0.1, 0.15) is 0 Å². The summed E-state index contributed by atoms with van der Waals surface area (Å²) < 4.78 is 0. The second-order valence-corrected chi connectivity index (χ2v) is 5.77. The first-order chi connectivity index (χ1) is 7.50. The molecular weight excluding hydrogens is 198 g/mol. The van der Waals surface area contributed by atoms with E-state index in [4.69, 9.17) is 4.99 Å². The van der Waals surface area contributed by atoms with Gasteiger partial charge in [0.05, 0.1) is 24.0 Å². The summed E-state index contributed by atoms with van der Waals surface area (Å²) in [5.74, 6) is 0. The molecule has 0 bridgehead atoms. The quantitative estimate of drug-likeness (QED) is 0.667. The third-order valence-electron chi connectivity index (χ3n) is 3.54. The van der Waals surface area contributed by atoms with Crippen LogP contribution in [0.15, 0.2) is 9.98 Å². The summed E-state index contributed by atoms with van der Waals surface area (Å²) in [6, 6.07) is 0.429. The first-order valence-electron chi connectivity index (χ1n) is 6.36. The minimum absolute atomic E-state index is 0.243. The Hall–Kier alpha value is -0.700. The molecule has 2 aliphatic rings. The monoisotopic (exact) mass is 221 g/mol. The van der Waals surface area contributed by atoms with Crippen molar-refractivity contribution in [1.82, 2.24) is 4.90 Å². The van der Waals surface area contributed by atoms with Gasteiger partial charge in [-0.25, -0.2) is 0 Å². The van der Waals surface area contributed by atoms with Crippen molar-refractivity contribution in [3.05, 3.63) is 0 Å². The van der Waals surface area contributed by atoms with Crippen molar-refractivity contribution in [1.29, 1.82) is 0 Å². The van der Waals surface area contributed by atoms with E-state index in [1.807, 2.05) is 0 Å². The molecule has 0 radical (unpaired) electrons. The Morgan fingerprint density at radius 2 is 2.06 bits per heavy atom. The lowest BCUT2D eigenvalue weighted by molar-refractivity contribution is 0.161. The maximum Gasteiger partial charge on any atom is 0.0703 e. The van der Waals surface area contributed by atoms with Crippen molar-refractivity contribution in [3.63, 3.8) is 0 Å². The Bertz CT molecular complexity index is 323. The van der Waals surface area contributed by atoms with Gasteiger partial charge in [0, 0.05) is 25.0 Å². The Balaban J connectivity index is 2.12. The van der Waals surface area contributed by atoms with Gasteiger partial charge < -0.3 is 0 Å². The molecule has 0 aromatic heterocycles. The molecule has 0 aromatic carbocycles. The first-order valence-corrected chi connectivity index (χ1v) is 6.36. The summed E-state index contributed by atoms with van der Waals surface area (Å²) in [4.78, 5) is 12.0. The zero-order valence-corrected chi connectivity index (χ0v) is 11.0. The average molecular weight is 221 g/mol. The third-order valence-corrected chi connectivity index (χ3v) is 3.54. The van der Waals surface area contributed by atoms with Gasteiger partial charge in [0.25, 0.3) is 0 Å². The molecule has 1 saturated heterocycles. The fourth-order valence-electron chi connectivity index (χ4n) is 2.29. The zero-order chi connectivity index (χ0) is 11.8. The van der Waals surface area contributed by atoms with Gasteiger partial charge in [-0.15, -0.1) is 0 Å². The summed E-state index contributed by atoms with van der Waals surface area (Å²) in [5.41, 5.74) is 2.76. The van der Waals surface area contributed by atoms with Crippen LogP contribution < -0.4 is 0 Å². The van der Waals surface area contributed by atoms with Gasteiger partial charge in [-0.05, 0) is 27.2 Å². The summed E-state index contributed by atoms with van der Waals surface area (Å²) >= 11 is 0. The summed E-state index contributed by atoms with van der Waals surface area (Å²) in [7, 11) is 0. The molecule has 0 spiro atoms. The topological polar surface area (TPSA) is 28.0 Å². The van der Waals surface area contributed by atoms with E-state index >= 15 is 0 Å². The van der Waals surface area contributed by atoms with Gasteiger partial charge in [0.15, 0.2) is 0 Å². The Labute approximate surface area is 98.7 Å². The van der Waals surface area contributed by atoms with Crippen molar-refractivity contribution in [2.75, 3.05) is 19.6 Å². The van der Waals surface area contributed by atoms with Crippen LogP contribution in [0.4, 0.5) is 0 Å². The minimum Gasteiger partial charge on any atom is -0.292 e. The van der Waals surface area contributed by atoms with Crippen molar-refractivity contribution in [2.24, 2.45) is 9.98 Å². The number of rotatable bonds is 1. The van der Waals surface area contributed by atoms with Crippen molar-refractivity contribution in [3.8, 4) is 0 Å². The van der Waals surface area contributed by atoms with E-state index in [9.17, 15) is 0 Å². The molecule has 0 aromatic rings. The predicted octanol–water partition coefficient (Wildman–Crippen LogP) is 2.16. The van der Waals surface area contributed by atoms with Gasteiger partial charge >= 0.3 is 0 Å². The minimum atomic E-state index is 0.243. The largest absolute Gasteiger partial charge is 0.292 e. The smallest absolute Gasteiger partial charge is 0.0703 e.